The van der Waals surface area contributed by atoms with Gasteiger partial charge in [0.05, 0.1) is 5.56 Å². The minimum Gasteiger partial charge on any atom is -0.405 e. The summed E-state index contributed by atoms with van der Waals surface area (Å²) in [7, 11) is 0. The standard InChI is InChI=1S/C16H7BrCl3F3O3/c17-9-6-10(15(18,19)20)12(11(7-9)26-16(21,22)23)14(25)13(24)8-4-2-1-3-5-8/h1-7H. The van der Waals surface area contributed by atoms with Crippen LogP contribution in [0.4, 0.5) is 13.2 Å². The minimum atomic E-state index is -5.13. The van der Waals surface area contributed by atoms with Crippen molar-refractivity contribution in [3.05, 3.63) is 63.6 Å². The van der Waals surface area contributed by atoms with Gasteiger partial charge in [-0.2, -0.15) is 0 Å². The first-order valence-corrected chi connectivity index (χ1v) is 8.63. The normalized spacial score (nSPS) is 12.0. The minimum absolute atomic E-state index is 0.0337. The zero-order valence-electron chi connectivity index (χ0n) is 12.4. The Balaban J connectivity index is 2.67. The highest BCUT2D eigenvalue weighted by molar-refractivity contribution is 9.10. The first kappa shape index (κ1) is 21.0. The molecule has 0 fully saturated rings. The van der Waals surface area contributed by atoms with E-state index in [1.54, 1.807) is 6.07 Å². The van der Waals surface area contributed by atoms with Crippen molar-refractivity contribution < 1.29 is 27.5 Å². The number of hydrogen-bond donors (Lipinski definition) is 0. The topological polar surface area (TPSA) is 43.4 Å². The van der Waals surface area contributed by atoms with E-state index in [1.165, 1.54) is 24.3 Å². The molecule has 0 aromatic heterocycles. The molecule has 0 heterocycles. The largest absolute Gasteiger partial charge is 0.573 e. The Morgan fingerprint density at radius 1 is 0.962 bits per heavy atom. The second kappa shape index (κ2) is 7.76. The summed E-state index contributed by atoms with van der Waals surface area (Å²) in [4.78, 5) is 25.0. The van der Waals surface area contributed by atoms with Gasteiger partial charge in [0.2, 0.25) is 15.4 Å². The van der Waals surface area contributed by atoms with Crippen LogP contribution in [0, 0.1) is 0 Å². The fraction of sp³-hybridized carbons (Fsp3) is 0.125. The number of halogens is 7. The molecule has 0 bridgehead atoms. The lowest BCUT2D eigenvalue weighted by molar-refractivity contribution is -0.274. The van der Waals surface area contributed by atoms with E-state index in [1.807, 2.05) is 0 Å². The zero-order valence-corrected chi connectivity index (χ0v) is 16.3. The molecule has 0 saturated heterocycles. The van der Waals surface area contributed by atoms with Gasteiger partial charge in [-0.25, -0.2) is 0 Å². The van der Waals surface area contributed by atoms with E-state index in [9.17, 15) is 22.8 Å². The fourth-order valence-corrected chi connectivity index (χ4v) is 2.96. The van der Waals surface area contributed by atoms with E-state index < -0.39 is 38.6 Å². The maximum absolute atomic E-state index is 12.7. The molecule has 3 nitrogen and oxygen atoms in total. The Kier molecular flexibility index (Phi) is 6.28. The van der Waals surface area contributed by atoms with E-state index >= 15 is 0 Å². The van der Waals surface area contributed by atoms with E-state index in [0.717, 1.165) is 12.1 Å². The summed E-state index contributed by atoms with van der Waals surface area (Å²) in [5, 5.41) is 0. The van der Waals surface area contributed by atoms with Gasteiger partial charge < -0.3 is 4.74 Å². The van der Waals surface area contributed by atoms with Gasteiger partial charge in [0.25, 0.3) is 0 Å². The van der Waals surface area contributed by atoms with Gasteiger partial charge >= 0.3 is 6.36 Å². The Bertz CT molecular complexity index is 850. The SMILES string of the molecule is O=C(C(=O)c1c(OC(F)(F)F)cc(Br)cc1C(Cl)(Cl)Cl)c1ccccc1. The molecule has 0 spiro atoms. The molecule has 10 heteroatoms. The van der Waals surface area contributed by atoms with Gasteiger partial charge in [0, 0.05) is 15.6 Å². The molecule has 0 saturated carbocycles. The Labute approximate surface area is 169 Å². The van der Waals surface area contributed by atoms with Gasteiger partial charge in [-0.05, 0) is 12.1 Å². The van der Waals surface area contributed by atoms with Crippen molar-refractivity contribution in [3.8, 4) is 5.75 Å². The highest BCUT2D eigenvalue weighted by atomic mass is 79.9. The summed E-state index contributed by atoms with van der Waals surface area (Å²) in [5.74, 6) is -3.33. The lowest BCUT2D eigenvalue weighted by Crippen LogP contribution is -2.24. The van der Waals surface area contributed by atoms with Crippen molar-refractivity contribution >= 4 is 62.3 Å². The average Bonchev–Trinajstić information content (AvgIpc) is 2.51. The van der Waals surface area contributed by atoms with Crippen LogP contribution >= 0.6 is 50.7 Å². The highest BCUT2D eigenvalue weighted by Crippen LogP contribution is 2.45. The molecule has 0 radical (unpaired) electrons. The number of carbonyl (C=O) groups is 2. The van der Waals surface area contributed by atoms with Crippen LogP contribution in [0.15, 0.2) is 46.9 Å². The van der Waals surface area contributed by atoms with Crippen LogP contribution in [0.1, 0.15) is 26.3 Å². The van der Waals surface area contributed by atoms with Crippen LogP contribution in [0.2, 0.25) is 0 Å². The molecule has 2 aromatic carbocycles. The van der Waals surface area contributed by atoms with Crippen LogP contribution in [-0.4, -0.2) is 17.9 Å². The van der Waals surface area contributed by atoms with Crippen molar-refractivity contribution in [1.29, 1.82) is 0 Å². The van der Waals surface area contributed by atoms with E-state index in [0.29, 0.717) is 0 Å². The fourth-order valence-electron chi connectivity index (χ4n) is 2.08. The maximum atomic E-state index is 12.7. The smallest absolute Gasteiger partial charge is 0.405 e. The molecule has 0 amide bonds. The summed E-state index contributed by atoms with van der Waals surface area (Å²) < 4.78 is 39.9. The summed E-state index contributed by atoms with van der Waals surface area (Å²) in [6.45, 7) is 0. The summed E-state index contributed by atoms with van der Waals surface area (Å²) in [5.41, 5.74) is -1.24. The number of rotatable bonds is 4. The number of hydrogen-bond acceptors (Lipinski definition) is 3. The average molecular weight is 490 g/mol. The van der Waals surface area contributed by atoms with Crippen LogP contribution in [0.25, 0.3) is 0 Å². The second-order valence-corrected chi connectivity index (χ2v) is 8.09. The number of carbonyl (C=O) groups excluding carboxylic acids is 2. The van der Waals surface area contributed by atoms with Gasteiger partial charge in [-0.3, -0.25) is 9.59 Å². The first-order chi connectivity index (χ1) is 11.9. The molecule has 138 valence electrons. The van der Waals surface area contributed by atoms with Crippen LogP contribution in [0.3, 0.4) is 0 Å². The summed E-state index contributed by atoms with van der Waals surface area (Å²) in [6, 6.07) is 9.24. The molecule has 26 heavy (non-hydrogen) atoms. The first-order valence-electron chi connectivity index (χ1n) is 6.70. The van der Waals surface area contributed by atoms with Crippen molar-refractivity contribution in [2.75, 3.05) is 0 Å². The highest BCUT2D eigenvalue weighted by Gasteiger charge is 2.38. The van der Waals surface area contributed by atoms with E-state index in [4.69, 9.17) is 34.8 Å². The molecule has 2 rings (SSSR count). The Hall–Kier alpha value is -1.28. The third-order valence-corrected chi connectivity index (χ3v) is 4.14. The third-order valence-electron chi connectivity index (χ3n) is 3.07. The molecule has 0 aliphatic carbocycles. The quantitative estimate of drug-likeness (QED) is 0.290. The zero-order chi connectivity index (χ0) is 19.7. The molecule has 0 aliphatic heterocycles. The number of Topliss-reactive ketones (excluding diaryl/α,β-unsaturated/α-hetero) is 2. The van der Waals surface area contributed by atoms with Gasteiger partial charge in [0.1, 0.15) is 5.75 Å². The lowest BCUT2D eigenvalue weighted by Gasteiger charge is -2.20. The number of ether oxygens (including phenoxy) is 1. The molecule has 0 N–H and O–H groups in total. The predicted molar refractivity (Wildman–Crippen MR) is 95.2 cm³/mol. The summed E-state index contributed by atoms with van der Waals surface area (Å²) >= 11 is 20.3. The van der Waals surface area contributed by atoms with Crippen molar-refractivity contribution in [3.63, 3.8) is 0 Å². The second-order valence-electron chi connectivity index (χ2n) is 4.90. The van der Waals surface area contributed by atoms with Crippen LogP contribution in [-0.2, 0) is 3.79 Å². The molecule has 0 unspecified atom stereocenters. The Morgan fingerprint density at radius 2 is 1.54 bits per heavy atom. The Morgan fingerprint density at radius 3 is 2.04 bits per heavy atom. The number of alkyl halides is 6. The molecule has 2 aromatic rings. The number of benzene rings is 2. The predicted octanol–water partition coefficient (Wildman–Crippen LogP) is 6.24. The summed E-state index contributed by atoms with van der Waals surface area (Å²) in [6.07, 6.45) is -5.13. The molecule has 0 aliphatic rings. The monoisotopic (exact) mass is 488 g/mol. The van der Waals surface area contributed by atoms with Gasteiger partial charge in [0.15, 0.2) is 0 Å². The molecular weight excluding hydrogens is 483 g/mol. The number of ketones is 2. The molecule has 0 atom stereocenters. The van der Waals surface area contributed by atoms with Crippen molar-refractivity contribution in [1.82, 2.24) is 0 Å². The van der Waals surface area contributed by atoms with Crippen molar-refractivity contribution in [2.24, 2.45) is 0 Å². The maximum Gasteiger partial charge on any atom is 0.573 e. The van der Waals surface area contributed by atoms with E-state index in [-0.39, 0.29) is 10.0 Å². The van der Waals surface area contributed by atoms with Gasteiger partial charge in [-0.15, -0.1) is 13.2 Å². The van der Waals surface area contributed by atoms with Crippen LogP contribution in [0.5, 0.6) is 5.75 Å². The van der Waals surface area contributed by atoms with Gasteiger partial charge in [-0.1, -0.05) is 81.1 Å². The van der Waals surface area contributed by atoms with Crippen LogP contribution < -0.4 is 4.74 Å². The molecular formula is C16H7BrCl3F3O3. The lowest BCUT2D eigenvalue weighted by atomic mass is 9.97. The van der Waals surface area contributed by atoms with E-state index in [2.05, 4.69) is 20.7 Å². The third kappa shape index (κ3) is 5.13. The van der Waals surface area contributed by atoms with Crippen molar-refractivity contribution in [2.45, 2.75) is 10.2 Å².